The molecule has 0 atom stereocenters. The minimum absolute atomic E-state index is 0.383. The van der Waals surface area contributed by atoms with Crippen LogP contribution in [0.4, 0.5) is 10.5 Å². The van der Waals surface area contributed by atoms with E-state index in [0.29, 0.717) is 6.54 Å². The maximum absolute atomic E-state index is 11.4. The Balaban J connectivity index is 2.36. The van der Waals surface area contributed by atoms with Gasteiger partial charge in [-0.05, 0) is 57.4 Å². The molecule has 1 amide bonds. The fourth-order valence-electron chi connectivity index (χ4n) is 1.62. The van der Waals surface area contributed by atoms with Crippen LogP contribution >= 0.6 is 0 Å². The van der Waals surface area contributed by atoms with E-state index >= 15 is 0 Å². The molecule has 4 nitrogen and oxygen atoms in total. The van der Waals surface area contributed by atoms with Crippen molar-refractivity contribution >= 4 is 17.9 Å². The number of carbonyl (C=O) groups is 1. The number of nitrogen functional groups attached to an aromatic ring is 1. The van der Waals surface area contributed by atoms with Gasteiger partial charge in [0.05, 0.1) is 0 Å². The molecule has 0 heterocycles. The van der Waals surface area contributed by atoms with Gasteiger partial charge in [0.1, 0.15) is 5.60 Å². The number of nitrogens with one attached hydrogen (secondary N) is 1. The van der Waals surface area contributed by atoms with E-state index < -0.39 is 5.60 Å². The van der Waals surface area contributed by atoms with E-state index in [4.69, 9.17) is 10.5 Å². The van der Waals surface area contributed by atoms with E-state index in [1.54, 1.807) is 0 Å². The number of ether oxygens (including phenoxy) is 1. The van der Waals surface area contributed by atoms with Crippen molar-refractivity contribution in [3.05, 3.63) is 35.4 Å². The third kappa shape index (κ3) is 6.27. The molecule has 4 heteroatoms. The molecule has 0 saturated carbocycles. The van der Waals surface area contributed by atoms with E-state index in [0.717, 1.165) is 17.7 Å². The summed E-state index contributed by atoms with van der Waals surface area (Å²) < 4.78 is 5.15. The smallest absolute Gasteiger partial charge is 0.407 e. The number of hydrogen-bond donors (Lipinski definition) is 2. The first kappa shape index (κ1) is 16.1. The van der Waals surface area contributed by atoms with Crippen LogP contribution in [0.2, 0.25) is 0 Å². The molecule has 110 valence electrons. The number of carbonyl (C=O) groups excluding carboxylic acids is 1. The summed E-state index contributed by atoms with van der Waals surface area (Å²) in [6, 6.07) is 5.82. The maximum Gasteiger partial charge on any atom is 0.407 e. The molecule has 0 fully saturated rings. The average Bonchev–Trinajstić information content (AvgIpc) is 2.30. The summed E-state index contributed by atoms with van der Waals surface area (Å²) in [5.74, 6) is 0. The molecule has 1 aromatic rings. The van der Waals surface area contributed by atoms with Crippen molar-refractivity contribution < 1.29 is 9.53 Å². The van der Waals surface area contributed by atoms with Crippen molar-refractivity contribution in [2.75, 3.05) is 12.3 Å². The zero-order valence-corrected chi connectivity index (χ0v) is 12.7. The lowest BCUT2D eigenvalue weighted by atomic mass is 10.1. The van der Waals surface area contributed by atoms with Crippen LogP contribution in [0.25, 0.3) is 6.08 Å². The lowest BCUT2D eigenvalue weighted by molar-refractivity contribution is 0.0529. The molecule has 20 heavy (non-hydrogen) atoms. The van der Waals surface area contributed by atoms with E-state index in [2.05, 4.69) is 5.32 Å². The highest BCUT2D eigenvalue weighted by Gasteiger charge is 2.15. The van der Waals surface area contributed by atoms with Gasteiger partial charge >= 0.3 is 6.09 Å². The summed E-state index contributed by atoms with van der Waals surface area (Å²) in [4.78, 5) is 11.4. The average molecular weight is 276 g/mol. The standard InChI is InChI=1S/C16H24N2O2/c1-12-8-9-14(17)11-13(12)7-5-6-10-18-15(19)20-16(2,3)4/h5,7-9,11H,6,10,17H2,1-4H3,(H,18,19). The first-order valence-electron chi connectivity index (χ1n) is 6.77. The summed E-state index contributed by atoms with van der Waals surface area (Å²) >= 11 is 0. The summed E-state index contributed by atoms with van der Waals surface area (Å²) in [6.45, 7) is 8.12. The number of nitrogens with two attached hydrogens (primary N) is 1. The Morgan fingerprint density at radius 3 is 2.75 bits per heavy atom. The van der Waals surface area contributed by atoms with Gasteiger partial charge in [-0.2, -0.15) is 0 Å². The third-order valence-electron chi connectivity index (χ3n) is 2.58. The number of amides is 1. The Labute approximate surface area is 121 Å². The zero-order valence-electron chi connectivity index (χ0n) is 12.7. The van der Waals surface area contributed by atoms with Gasteiger partial charge < -0.3 is 15.8 Å². The number of hydrogen-bond acceptors (Lipinski definition) is 3. The highest BCUT2D eigenvalue weighted by atomic mass is 16.6. The van der Waals surface area contributed by atoms with Gasteiger partial charge in [-0.3, -0.25) is 0 Å². The number of benzene rings is 1. The van der Waals surface area contributed by atoms with Crippen LogP contribution in [0.3, 0.4) is 0 Å². The lowest BCUT2D eigenvalue weighted by Gasteiger charge is -2.19. The van der Waals surface area contributed by atoms with Crippen molar-refractivity contribution in [2.24, 2.45) is 0 Å². The van der Waals surface area contributed by atoms with Crippen LogP contribution in [0.15, 0.2) is 24.3 Å². The minimum Gasteiger partial charge on any atom is -0.444 e. The Morgan fingerprint density at radius 1 is 1.40 bits per heavy atom. The highest BCUT2D eigenvalue weighted by Crippen LogP contribution is 2.14. The molecule has 3 N–H and O–H groups in total. The van der Waals surface area contributed by atoms with Crippen molar-refractivity contribution in [1.29, 1.82) is 0 Å². The monoisotopic (exact) mass is 276 g/mol. The molecule has 0 bridgehead atoms. The van der Waals surface area contributed by atoms with Crippen molar-refractivity contribution in [3.63, 3.8) is 0 Å². The zero-order chi connectivity index (χ0) is 15.2. The Bertz CT molecular complexity index is 488. The fourth-order valence-corrected chi connectivity index (χ4v) is 1.62. The molecule has 0 aliphatic carbocycles. The predicted molar refractivity (Wildman–Crippen MR) is 83.5 cm³/mol. The molecule has 1 rings (SSSR count). The molecule has 0 aliphatic rings. The molecular formula is C16H24N2O2. The molecule has 0 saturated heterocycles. The van der Waals surface area contributed by atoms with Gasteiger partial charge in [-0.25, -0.2) is 4.79 Å². The van der Waals surface area contributed by atoms with Gasteiger partial charge in [0.25, 0.3) is 0 Å². The largest absolute Gasteiger partial charge is 0.444 e. The SMILES string of the molecule is Cc1ccc(N)cc1C=CCCNC(=O)OC(C)(C)C. The van der Waals surface area contributed by atoms with Gasteiger partial charge in [-0.1, -0.05) is 18.2 Å². The van der Waals surface area contributed by atoms with Crippen molar-refractivity contribution in [1.82, 2.24) is 5.32 Å². The van der Waals surface area contributed by atoms with E-state index in [1.807, 2.05) is 58.0 Å². The predicted octanol–water partition coefficient (Wildman–Crippen LogP) is 3.51. The van der Waals surface area contributed by atoms with Crippen LogP contribution < -0.4 is 11.1 Å². The van der Waals surface area contributed by atoms with E-state index in [9.17, 15) is 4.79 Å². The first-order valence-corrected chi connectivity index (χ1v) is 6.77. The summed E-state index contributed by atoms with van der Waals surface area (Å²) in [7, 11) is 0. The topological polar surface area (TPSA) is 64.3 Å². The second-order valence-corrected chi connectivity index (χ2v) is 5.74. The van der Waals surface area contributed by atoms with Crippen LogP contribution in [-0.4, -0.2) is 18.2 Å². The molecule has 1 aromatic carbocycles. The van der Waals surface area contributed by atoms with Gasteiger partial charge in [-0.15, -0.1) is 0 Å². The number of rotatable bonds is 4. The maximum atomic E-state index is 11.4. The van der Waals surface area contributed by atoms with Gasteiger partial charge in [0.2, 0.25) is 0 Å². The number of aryl methyl sites for hydroxylation is 1. The second kappa shape index (κ2) is 6.98. The van der Waals surface area contributed by atoms with E-state index in [-0.39, 0.29) is 6.09 Å². The quantitative estimate of drug-likeness (QED) is 0.653. The summed E-state index contributed by atoms with van der Waals surface area (Å²) in [6.07, 6.45) is 4.39. The normalized spacial score (nSPS) is 11.6. The van der Waals surface area contributed by atoms with Crippen molar-refractivity contribution in [2.45, 2.75) is 39.7 Å². The van der Waals surface area contributed by atoms with Crippen LogP contribution in [-0.2, 0) is 4.74 Å². The third-order valence-corrected chi connectivity index (χ3v) is 2.58. The van der Waals surface area contributed by atoms with Gasteiger partial charge in [0, 0.05) is 12.2 Å². The summed E-state index contributed by atoms with van der Waals surface area (Å²) in [5.41, 5.74) is 8.32. The molecule has 0 aromatic heterocycles. The molecule has 0 radical (unpaired) electrons. The van der Waals surface area contributed by atoms with E-state index in [1.165, 1.54) is 5.56 Å². The molecule has 0 spiro atoms. The Morgan fingerprint density at radius 2 is 2.10 bits per heavy atom. The van der Waals surface area contributed by atoms with Crippen LogP contribution in [0.1, 0.15) is 38.3 Å². The van der Waals surface area contributed by atoms with Crippen molar-refractivity contribution in [3.8, 4) is 0 Å². The highest BCUT2D eigenvalue weighted by molar-refractivity contribution is 5.67. The lowest BCUT2D eigenvalue weighted by Crippen LogP contribution is -2.32. The van der Waals surface area contributed by atoms with Gasteiger partial charge in [0.15, 0.2) is 0 Å². The Kier molecular flexibility index (Phi) is 5.62. The van der Waals surface area contributed by atoms with Crippen LogP contribution in [0, 0.1) is 6.92 Å². The van der Waals surface area contributed by atoms with Crippen LogP contribution in [0.5, 0.6) is 0 Å². The molecule has 0 aliphatic heterocycles. The number of anilines is 1. The minimum atomic E-state index is -0.460. The molecule has 0 unspecified atom stereocenters. The molecular weight excluding hydrogens is 252 g/mol. The first-order chi connectivity index (χ1) is 9.28. The second-order valence-electron chi connectivity index (χ2n) is 5.74. The summed E-state index contributed by atoms with van der Waals surface area (Å²) in [5, 5.41) is 2.71. The fraction of sp³-hybridized carbons (Fsp3) is 0.438. The Hall–Kier alpha value is -1.97. The number of alkyl carbamates (subject to hydrolysis) is 1.